The summed E-state index contributed by atoms with van der Waals surface area (Å²) in [4.78, 5) is 11.8. The fourth-order valence-electron chi connectivity index (χ4n) is 1.43. The van der Waals surface area contributed by atoms with E-state index in [2.05, 4.69) is 5.32 Å². The molecule has 0 bridgehead atoms. The average molecular weight is 258 g/mol. The Morgan fingerprint density at radius 2 is 2.06 bits per heavy atom. The van der Waals surface area contributed by atoms with Crippen LogP contribution in [0.25, 0.3) is 0 Å². The van der Waals surface area contributed by atoms with Crippen LogP contribution in [0, 0.1) is 11.6 Å². The fraction of sp³-hybridized carbons (Fsp3) is 0.417. The number of hydrogen-bond acceptors (Lipinski definition) is 3. The number of amides is 1. The summed E-state index contributed by atoms with van der Waals surface area (Å²) in [5, 5.41) is 2.63. The van der Waals surface area contributed by atoms with E-state index in [-0.39, 0.29) is 17.3 Å². The third kappa shape index (κ3) is 3.66. The van der Waals surface area contributed by atoms with Crippen LogP contribution >= 0.6 is 0 Å². The number of nitrogens with one attached hydrogen (secondary N) is 1. The zero-order valence-electron chi connectivity index (χ0n) is 10.3. The summed E-state index contributed by atoms with van der Waals surface area (Å²) in [6, 6.07) is 1.44. The second-order valence-corrected chi connectivity index (χ2v) is 4.01. The topological polar surface area (TPSA) is 64.3 Å². The first-order valence-electron chi connectivity index (χ1n) is 5.50. The number of anilines is 1. The van der Waals surface area contributed by atoms with Gasteiger partial charge in [-0.05, 0) is 19.4 Å². The van der Waals surface area contributed by atoms with Crippen molar-refractivity contribution in [3.05, 3.63) is 29.3 Å². The van der Waals surface area contributed by atoms with E-state index in [0.29, 0.717) is 13.0 Å². The fourth-order valence-corrected chi connectivity index (χ4v) is 1.43. The molecule has 100 valence electrons. The summed E-state index contributed by atoms with van der Waals surface area (Å²) in [7, 11) is 1.56. The summed E-state index contributed by atoms with van der Waals surface area (Å²) < 4.78 is 30.8. The molecule has 0 aliphatic rings. The van der Waals surface area contributed by atoms with E-state index in [9.17, 15) is 13.6 Å². The smallest absolute Gasteiger partial charge is 0.253 e. The number of nitrogen functional groups attached to an aromatic ring is 1. The van der Waals surface area contributed by atoms with Crippen molar-refractivity contribution in [1.29, 1.82) is 0 Å². The number of ether oxygens (including phenoxy) is 1. The SMILES string of the molecule is COCCC(C)NC(=O)c1cc(F)c(F)cc1N. The van der Waals surface area contributed by atoms with Crippen molar-refractivity contribution in [2.75, 3.05) is 19.5 Å². The molecule has 0 aliphatic heterocycles. The number of nitrogens with two attached hydrogens (primary N) is 1. The van der Waals surface area contributed by atoms with Gasteiger partial charge in [0.1, 0.15) is 0 Å². The maximum atomic E-state index is 13.0. The highest BCUT2D eigenvalue weighted by molar-refractivity contribution is 5.99. The molecule has 1 aromatic carbocycles. The average Bonchev–Trinajstić information content (AvgIpc) is 2.31. The van der Waals surface area contributed by atoms with E-state index >= 15 is 0 Å². The molecule has 1 unspecified atom stereocenters. The van der Waals surface area contributed by atoms with Gasteiger partial charge in [-0.15, -0.1) is 0 Å². The number of hydrogen-bond donors (Lipinski definition) is 2. The van der Waals surface area contributed by atoms with Crippen molar-refractivity contribution < 1.29 is 18.3 Å². The number of methoxy groups -OCH3 is 1. The highest BCUT2D eigenvalue weighted by Crippen LogP contribution is 2.17. The summed E-state index contributed by atoms with van der Waals surface area (Å²) >= 11 is 0. The van der Waals surface area contributed by atoms with Crippen LogP contribution < -0.4 is 11.1 Å². The number of rotatable bonds is 5. The van der Waals surface area contributed by atoms with Gasteiger partial charge in [-0.25, -0.2) is 8.78 Å². The lowest BCUT2D eigenvalue weighted by molar-refractivity contribution is 0.0930. The van der Waals surface area contributed by atoms with Gasteiger partial charge in [0.25, 0.3) is 5.91 Å². The minimum Gasteiger partial charge on any atom is -0.398 e. The van der Waals surface area contributed by atoms with Crippen LogP contribution in [0.3, 0.4) is 0 Å². The first-order chi connectivity index (χ1) is 8.45. The second kappa shape index (κ2) is 6.30. The van der Waals surface area contributed by atoms with Gasteiger partial charge in [0.05, 0.1) is 5.56 Å². The Morgan fingerprint density at radius 3 is 2.67 bits per heavy atom. The molecule has 1 atom stereocenters. The van der Waals surface area contributed by atoms with Crippen molar-refractivity contribution in [3.63, 3.8) is 0 Å². The van der Waals surface area contributed by atoms with Crippen molar-refractivity contribution >= 4 is 11.6 Å². The third-order valence-corrected chi connectivity index (χ3v) is 2.47. The van der Waals surface area contributed by atoms with Crippen molar-refractivity contribution in [1.82, 2.24) is 5.32 Å². The standard InChI is InChI=1S/C12H16F2N2O2/c1-7(3-4-18-2)16-12(17)8-5-9(13)10(14)6-11(8)15/h5-7H,3-4,15H2,1-2H3,(H,16,17). The molecule has 4 nitrogen and oxygen atoms in total. The molecule has 0 saturated heterocycles. The molecule has 0 aromatic heterocycles. The van der Waals surface area contributed by atoms with Crippen LogP contribution in [0.4, 0.5) is 14.5 Å². The highest BCUT2D eigenvalue weighted by atomic mass is 19.2. The zero-order chi connectivity index (χ0) is 13.7. The van der Waals surface area contributed by atoms with E-state index in [1.807, 2.05) is 0 Å². The van der Waals surface area contributed by atoms with Crippen LogP contribution in [0.5, 0.6) is 0 Å². The maximum Gasteiger partial charge on any atom is 0.253 e. The van der Waals surface area contributed by atoms with Gasteiger partial charge in [0, 0.05) is 31.5 Å². The van der Waals surface area contributed by atoms with Gasteiger partial charge in [-0.3, -0.25) is 4.79 Å². The summed E-state index contributed by atoms with van der Waals surface area (Å²) in [5.74, 6) is -2.70. The van der Waals surface area contributed by atoms with E-state index in [1.165, 1.54) is 0 Å². The predicted octanol–water partition coefficient (Wildman–Crippen LogP) is 1.70. The minimum atomic E-state index is -1.10. The minimum absolute atomic E-state index is 0.0711. The molecule has 0 aliphatic carbocycles. The number of benzene rings is 1. The Kier molecular flexibility index (Phi) is 5.03. The summed E-state index contributed by atoms with van der Waals surface area (Å²) in [6.45, 7) is 2.28. The monoisotopic (exact) mass is 258 g/mol. The lowest BCUT2D eigenvalue weighted by atomic mass is 10.1. The summed E-state index contributed by atoms with van der Waals surface area (Å²) in [5.41, 5.74) is 5.31. The predicted molar refractivity (Wildman–Crippen MR) is 64.2 cm³/mol. The van der Waals surface area contributed by atoms with Crippen molar-refractivity contribution in [3.8, 4) is 0 Å². The van der Waals surface area contributed by atoms with Crippen LogP contribution in [0.15, 0.2) is 12.1 Å². The van der Waals surface area contributed by atoms with Gasteiger partial charge in [-0.1, -0.05) is 0 Å². The van der Waals surface area contributed by atoms with Gasteiger partial charge >= 0.3 is 0 Å². The molecule has 1 rings (SSSR count). The van der Waals surface area contributed by atoms with E-state index in [0.717, 1.165) is 12.1 Å². The maximum absolute atomic E-state index is 13.0. The molecule has 1 aromatic rings. The van der Waals surface area contributed by atoms with Crippen LogP contribution in [-0.2, 0) is 4.74 Å². The Labute approximate surface area is 104 Å². The number of carbonyl (C=O) groups excluding carboxylic acids is 1. The molecule has 0 saturated carbocycles. The van der Waals surface area contributed by atoms with Gasteiger partial charge in [0.2, 0.25) is 0 Å². The summed E-state index contributed by atoms with van der Waals surface area (Å²) in [6.07, 6.45) is 0.617. The first-order valence-corrected chi connectivity index (χ1v) is 5.50. The number of halogens is 2. The van der Waals surface area contributed by atoms with Gasteiger partial charge in [0.15, 0.2) is 11.6 Å². The largest absolute Gasteiger partial charge is 0.398 e. The Balaban J connectivity index is 2.75. The molecule has 0 heterocycles. The second-order valence-electron chi connectivity index (χ2n) is 4.01. The van der Waals surface area contributed by atoms with E-state index in [1.54, 1.807) is 14.0 Å². The number of carbonyl (C=O) groups is 1. The van der Waals surface area contributed by atoms with Gasteiger partial charge in [-0.2, -0.15) is 0 Å². The molecule has 18 heavy (non-hydrogen) atoms. The van der Waals surface area contributed by atoms with E-state index in [4.69, 9.17) is 10.5 Å². The highest BCUT2D eigenvalue weighted by Gasteiger charge is 2.15. The van der Waals surface area contributed by atoms with Crippen LogP contribution in [0.1, 0.15) is 23.7 Å². The Bertz CT molecular complexity index is 438. The van der Waals surface area contributed by atoms with E-state index < -0.39 is 17.5 Å². The first kappa shape index (κ1) is 14.4. The zero-order valence-corrected chi connectivity index (χ0v) is 10.3. The van der Waals surface area contributed by atoms with Crippen molar-refractivity contribution in [2.24, 2.45) is 0 Å². The molecular weight excluding hydrogens is 242 g/mol. The van der Waals surface area contributed by atoms with Crippen LogP contribution in [-0.4, -0.2) is 25.7 Å². The van der Waals surface area contributed by atoms with Crippen LogP contribution in [0.2, 0.25) is 0 Å². The normalized spacial score (nSPS) is 12.2. The third-order valence-electron chi connectivity index (χ3n) is 2.47. The molecule has 6 heteroatoms. The molecule has 0 spiro atoms. The molecule has 0 fully saturated rings. The molecular formula is C12H16F2N2O2. The lowest BCUT2D eigenvalue weighted by Gasteiger charge is -2.14. The quantitative estimate of drug-likeness (QED) is 0.790. The van der Waals surface area contributed by atoms with Gasteiger partial charge < -0.3 is 15.8 Å². The molecule has 1 amide bonds. The molecule has 0 radical (unpaired) electrons. The van der Waals surface area contributed by atoms with Crippen molar-refractivity contribution in [2.45, 2.75) is 19.4 Å². The Hall–Kier alpha value is -1.69. The molecule has 3 N–H and O–H groups in total. The Morgan fingerprint density at radius 1 is 1.44 bits per heavy atom. The lowest BCUT2D eigenvalue weighted by Crippen LogP contribution is -2.33.